The van der Waals surface area contributed by atoms with Crippen molar-refractivity contribution in [2.24, 2.45) is 0 Å². The van der Waals surface area contributed by atoms with E-state index in [0.29, 0.717) is 10.8 Å². The lowest BCUT2D eigenvalue weighted by Gasteiger charge is -2.00. The molecule has 2 nitrogen and oxygen atoms in total. The summed E-state index contributed by atoms with van der Waals surface area (Å²) in [5.74, 6) is 1.45. The van der Waals surface area contributed by atoms with E-state index in [2.05, 4.69) is 0 Å². The van der Waals surface area contributed by atoms with E-state index in [9.17, 15) is 0 Å². The Morgan fingerprint density at radius 1 is 1.27 bits per heavy atom. The van der Waals surface area contributed by atoms with Crippen LogP contribution in [0.3, 0.4) is 0 Å². The molecule has 0 aromatic heterocycles. The van der Waals surface area contributed by atoms with E-state index in [4.69, 9.17) is 21.1 Å². The zero-order valence-corrected chi connectivity index (χ0v) is 6.81. The van der Waals surface area contributed by atoms with Gasteiger partial charge in [-0.15, -0.1) is 0 Å². The number of rotatable bonds is 0. The van der Waals surface area contributed by atoms with Crippen LogP contribution in [0.4, 0.5) is 0 Å². The van der Waals surface area contributed by atoms with Gasteiger partial charge in [-0.25, -0.2) is 0 Å². The number of fused-ring (bicyclic) bond motifs is 1. The zero-order valence-electron chi connectivity index (χ0n) is 6.06. The fourth-order valence-electron chi connectivity index (χ4n) is 1.10. The van der Waals surface area contributed by atoms with Crippen molar-refractivity contribution < 1.29 is 9.47 Å². The van der Waals surface area contributed by atoms with Crippen LogP contribution in [0.25, 0.3) is 0 Å². The average molecular weight is 171 g/mol. The van der Waals surface area contributed by atoms with Crippen LogP contribution in [-0.4, -0.2) is 6.79 Å². The van der Waals surface area contributed by atoms with Crippen LogP contribution in [0.1, 0.15) is 5.56 Å². The van der Waals surface area contributed by atoms with E-state index >= 15 is 0 Å². The standard InChI is InChI=1S/C8H7ClO2/c1-5-2-3-6(9)8-7(5)10-4-11-8/h2-3H,4H2,1H3. The van der Waals surface area contributed by atoms with E-state index < -0.39 is 0 Å². The van der Waals surface area contributed by atoms with Crippen molar-refractivity contribution in [2.75, 3.05) is 6.79 Å². The van der Waals surface area contributed by atoms with Gasteiger partial charge in [-0.05, 0) is 18.6 Å². The minimum Gasteiger partial charge on any atom is -0.453 e. The largest absolute Gasteiger partial charge is 0.453 e. The highest BCUT2D eigenvalue weighted by atomic mass is 35.5. The highest BCUT2D eigenvalue weighted by Gasteiger charge is 2.18. The molecule has 1 aromatic carbocycles. The predicted molar refractivity (Wildman–Crippen MR) is 42.3 cm³/mol. The van der Waals surface area contributed by atoms with Gasteiger partial charge >= 0.3 is 0 Å². The van der Waals surface area contributed by atoms with Gasteiger partial charge in [-0.2, -0.15) is 0 Å². The fourth-order valence-corrected chi connectivity index (χ4v) is 1.30. The lowest BCUT2D eigenvalue weighted by atomic mass is 10.2. The summed E-state index contributed by atoms with van der Waals surface area (Å²) in [5.41, 5.74) is 1.06. The van der Waals surface area contributed by atoms with E-state index in [1.54, 1.807) is 0 Å². The molecular formula is C8H7ClO2. The van der Waals surface area contributed by atoms with Crippen LogP contribution in [0, 0.1) is 6.92 Å². The molecular weight excluding hydrogens is 164 g/mol. The summed E-state index contributed by atoms with van der Waals surface area (Å²) < 4.78 is 10.4. The number of benzene rings is 1. The molecule has 3 heteroatoms. The Hall–Kier alpha value is -0.890. The molecule has 0 atom stereocenters. The second-order valence-corrected chi connectivity index (χ2v) is 2.84. The SMILES string of the molecule is Cc1ccc(Cl)c2c1OCO2. The summed E-state index contributed by atoms with van der Waals surface area (Å²) in [6, 6.07) is 3.72. The van der Waals surface area contributed by atoms with Crippen LogP contribution in [0.2, 0.25) is 5.02 Å². The Kier molecular flexibility index (Phi) is 1.43. The molecule has 0 bridgehead atoms. The van der Waals surface area contributed by atoms with Gasteiger partial charge < -0.3 is 9.47 Å². The summed E-state index contributed by atoms with van der Waals surface area (Å²) in [6.45, 7) is 2.24. The predicted octanol–water partition coefficient (Wildman–Crippen LogP) is 2.38. The van der Waals surface area contributed by atoms with Crippen molar-refractivity contribution in [1.82, 2.24) is 0 Å². The summed E-state index contributed by atoms with van der Waals surface area (Å²) in [7, 11) is 0. The van der Waals surface area contributed by atoms with Crippen molar-refractivity contribution in [2.45, 2.75) is 6.92 Å². The Bertz CT molecular complexity index is 267. The fraction of sp³-hybridized carbons (Fsp3) is 0.250. The normalized spacial score (nSPS) is 13.6. The number of ether oxygens (including phenoxy) is 2. The Balaban J connectivity index is 2.64. The molecule has 1 aliphatic heterocycles. The molecule has 1 aromatic rings. The third-order valence-electron chi connectivity index (χ3n) is 1.67. The Labute approximate surface area is 69.7 Å². The molecule has 0 saturated heterocycles. The van der Waals surface area contributed by atoms with Gasteiger partial charge in [0.05, 0.1) is 5.02 Å². The smallest absolute Gasteiger partial charge is 0.231 e. The van der Waals surface area contributed by atoms with Crippen molar-refractivity contribution >= 4 is 11.6 Å². The molecule has 0 saturated carbocycles. The first-order valence-corrected chi connectivity index (χ1v) is 3.71. The molecule has 2 rings (SSSR count). The average Bonchev–Trinajstić information content (AvgIpc) is 2.45. The summed E-state index contributed by atoms with van der Waals surface area (Å²) in [4.78, 5) is 0. The van der Waals surface area contributed by atoms with E-state index in [1.807, 2.05) is 19.1 Å². The third-order valence-corrected chi connectivity index (χ3v) is 1.97. The lowest BCUT2D eigenvalue weighted by Crippen LogP contribution is -1.93. The minimum absolute atomic E-state index is 0.278. The quantitative estimate of drug-likeness (QED) is 0.595. The van der Waals surface area contributed by atoms with Crippen molar-refractivity contribution in [3.63, 3.8) is 0 Å². The number of aryl methyl sites for hydroxylation is 1. The molecule has 0 spiro atoms. The molecule has 0 unspecified atom stereocenters. The Morgan fingerprint density at radius 3 is 2.73 bits per heavy atom. The van der Waals surface area contributed by atoms with Crippen LogP contribution in [0.15, 0.2) is 12.1 Å². The van der Waals surface area contributed by atoms with Crippen LogP contribution in [-0.2, 0) is 0 Å². The first-order chi connectivity index (χ1) is 5.29. The molecule has 0 radical (unpaired) electrons. The molecule has 0 amide bonds. The first-order valence-electron chi connectivity index (χ1n) is 3.34. The zero-order chi connectivity index (χ0) is 7.84. The minimum atomic E-state index is 0.278. The van der Waals surface area contributed by atoms with Crippen LogP contribution >= 0.6 is 11.6 Å². The highest BCUT2D eigenvalue weighted by Crippen LogP contribution is 2.40. The van der Waals surface area contributed by atoms with Gasteiger partial charge in [0.15, 0.2) is 11.5 Å². The monoisotopic (exact) mass is 170 g/mol. The highest BCUT2D eigenvalue weighted by molar-refractivity contribution is 6.32. The maximum atomic E-state index is 5.84. The van der Waals surface area contributed by atoms with Crippen molar-refractivity contribution in [3.8, 4) is 11.5 Å². The summed E-state index contributed by atoms with van der Waals surface area (Å²) in [5, 5.41) is 0.614. The number of hydrogen-bond donors (Lipinski definition) is 0. The van der Waals surface area contributed by atoms with Crippen molar-refractivity contribution in [1.29, 1.82) is 0 Å². The maximum absolute atomic E-state index is 5.84. The van der Waals surface area contributed by atoms with Crippen LogP contribution in [0.5, 0.6) is 11.5 Å². The summed E-state index contributed by atoms with van der Waals surface area (Å²) >= 11 is 5.84. The molecule has 0 aliphatic carbocycles. The van der Waals surface area contributed by atoms with Crippen LogP contribution < -0.4 is 9.47 Å². The van der Waals surface area contributed by atoms with E-state index in [-0.39, 0.29) is 6.79 Å². The van der Waals surface area contributed by atoms with Gasteiger partial charge in [-0.1, -0.05) is 17.7 Å². The molecule has 1 heterocycles. The van der Waals surface area contributed by atoms with E-state index in [1.165, 1.54) is 0 Å². The van der Waals surface area contributed by atoms with Gasteiger partial charge in [0, 0.05) is 0 Å². The van der Waals surface area contributed by atoms with Gasteiger partial charge in [0.25, 0.3) is 0 Å². The first kappa shape index (κ1) is 6.80. The summed E-state index contributed by atoms with van der Waals surface area (Å²) in [6.07, 6.45) is 0. The van der Waals surface area contributed by atoms with Gasteiger partial charge in [0.1, 0.15) is 0 Å². The Morgan fingerprint density at radius 2 is 2.00 bits per heavy atom. The van der Waals surface area contributed by atoms with E-state index in [0.717, 1.165) is 11.3 Å². The second-order valence-electron chi connectivity index (χ2n) is 2.43. The molecule has 58 valence electrons. The topological polar surface area (TPSA) is 18.5 Å². The molecule has 0 fully saturated rings. The number of hydrogen-bond acceptors (Lipinski definition) is 2. The molecule has 1 aliphatic rings. The third kappa shape index (κ3) is 0.942. The van der Waals surface area contributed by atoms with Gasteiger partial charge in [-0.3, -0.25) is 0 Å². The second kappa shape index (κ2) is 2.31. The number of halogens is 1. The van der Waals surface area contributed by atoms with Crippen molar-refractivity contribution in [3.05, 3.63) is 22.7 Å². The molecule has 0 N–H and O–H groups in total. The maximum Gasteiger partial charge on any atom is 0.231 e. The molecule has 11 heavy (non-hydrogen) atoms. The lowest BCUT2D eigenvalue weighted by molar-refractivity contribution is 0.173. The van der Waals surface area contributed by atoms with Gasteiger partial charge in [0.2, 0.25) is 6.79 Å².